The second-order valence-electron chi connectivity index (χ2n) is 4.85. The van der Waals surface area contributed by atoms with Crippen molar-refractivity contribution < 1.29 is 9.47 Å². The zero-order chi connectivity index (χ0) is 17.2. The highest BCUT2D eigenvalue weighted by Crippen LogP contribution is 2.19. The predicted molar refractivity (Wildman–Crippen MR) is 98.4 cm³/mol. The Morgan fingerprint density at radius 2 is 1.74 bits per heavy atom. The molecule has 1 aromatic rings. The number of allylic oxidation sites excluding steroid dienone is 5. The molecule has 0 aliphatic heterocycles. The highest BCUT2D eigenvalue weighted by Gasteiger charge is 2.06. The van der Waals surface area contributed by atoms with E-state index in [9.17, 15) is 0 Å². The summed E-state index contributed by atoms with van der Waals surface area (Å²) < 4.78 is 10.8. The summed E-state index contributed by atoms with van der Waals surface area (Å²) in [5.74, 6) is 2.05. The van der Waals surface area contributed by atoms with Gasteiger partial charge in [-0.15, -0.1) is 0 Å². The molecule has 0 saturated carbocycles. The van der Waals surface area contributed by atoms with Crippen molar-refractivity contribution in [3.63, 3.8) is 0 Å². The van der Waals surface area contributed by atoms with E-state index in [1.165, 1.54) is 0 Å². The van der Waals surface area contributed by atoms with Crippen LogP contribution in [0.3, 0.4) is 0 Å². The minimum absolute atomic E-state index is 0.548. The van der Waals surface area contributed by atoms with Crippen LogP contribution in [0.5, 0.6) is 11.5 Å². The first-order valence-electron chi connectivity index (χ1n) is 7.56. The van der Waals surface area contributed by atoms with Gasteiger partial charge in [0.1, 0.15) is 17.3 Å². The minimum Gasteiger partial charge on any atom is -0.497 e. The second-order valence-corrected chi connectivity index (χ2v) is 4.85. The van der Waals surface area contributed by atoms with Gasteiger partial charge in [-0.25, -0.2) is 0 Å². The minimum atomic E-state index is 0.548. The molecule has 0 unspecified atom stereocenters. The Balaban J connectivity index is 2.77. The Morgan fingerprint density at radius 3 is 2.22 bits per heavy atom. The lowest BCUT2D eigenvalue weighted by molar-refractivity contribution is 0.411. The van der Waals surface area contributed by atoms with Gasteiger partial charge in [-0.05, 0) is 60.9 Å². The highest BCUT2D eigenvalue weighted by molar-refractivity contribution is 6.13. The van der Waals surface area contributed by atoms with E-state index in [0.717, 1.165) is 29.0 Å². The lowest BCUT2D eigenvalue weighted by Gasteiger charge is -2.09. The number of methoxy groups -OCH3 is 1. The van der Waals surface area contributed by atoms with Gasteiger partial charge in [-0.3, -0.25) is 4.99 Å². The first-order valence-corrected chi connectivity index (χ1v) is 7.56. The summed E-state index contributed by atoms with van der Waals surface area (Å²) in [5.41, 5.74) is 2.91. The summed E-state index contributed by atoms with van der Waals surface area (Å²) >= 11 is 0. The van der Waals surface area contributed by atoms with Gasteiger partial charge in [-0.2, -0.15) is 0 Å². The number of nitrogens with zero attached hydrogens (tertiary/aromatic N) is 1. The largest absolute Gasteiger partial charge is 0.497 e. The van der Waals surface area contributed by atoms with E-state index in [4.69, 9.17) is 9.47 Å². The molecule has 0 spiro atoms. The Hall–Kier alpha value is -2.55. The van der Waals surface area contributed by atoms with Crippen LogP contribution in [-0.2, 0) is 0 Å². The molecule has 122 valence electrons. The quantitative estimate of drug-likeness (QED) is 0.379. The summed E-state index contributed by atoms with van der Waals surface area (Å²) in [6.45, 7) is 12.0. The average molecular weight is 311 g/mol. The van der Waals surface area contributed by atoms with E-state index in [2.05, 4.69) is 25.1 Å². The summed E-state index contributed by atoms with van der Waals surface area (Å²) in [5, 5.41) is 0. The number of ether oxygens (including phenoxy) is 2. The molecule has 0 aliphatic carbocycles. The third-order valence-electron chi connectivity index (χ3n) is 3.33. The zero-order valence-corrected chi connectivity index (χ0v) is 14.4. The number of aliphatic imine (C=N–C) groups is 1. The van der Waals surface area contributed by atoms with Gasteiger partial charge in [0, 0.05) is 7.05 Å². The van der Waals surface area contributed by atoms with E-state index in [1.807, 2.05) is 49.4 Å². The molecule has 0 atom stereocenters. The molecule has 0 aromatic heterocycles. The van der Waals surface area contributed by atoms with Crippen molar-refractivity contribution >= 4 is 5.71 Å². The first kappa shape index (κ1) is 18.5. The highest BCUT2D eigenvalue weighted by atomic mass is 16.5. The van der Waals surface area contributed by atoms with Gasteiger partial charge in [0.05, 0.1) is 12.8 Å². The van der Waals surface area contributed by atoms with Gasteiger partial charge in [0.25, 0.3) is 0 Å². The van der Waals surface area contributed by atoms with E-state index < -0.39 is 0 Å². The fourth-order valence-corrected chi connectivity index (χ4v) is 1.98. The topological polar surface area (TPSA) is 30.8 Å². The maximum atomic E-state index is 5.68. The summed E-state index contributed by atoms with van der Waals surface area (Å²) in [6, 6.07) is 7.37. The molecule has 0 saturated heterocycles. The molecule has 0 aliphatic rings. The fraction of sp³-hybridized carbons (Fsp3) is 0.250. The SMILES string of the molecule is C=C(/C=C\C(=C/C)C(=NC)C(=C)CC)Oc1ccc(OC)cc1. The van der Waals surface area contributed by atoms with Crippen molar-refractivity contribution in [3.05, 3.63) is 72.6 Å². The Morgan fingerprint density at radius 1 is 1.13 bits per heavy atom. The maximum absolute atomic E-state index is 5.68. The molecule has 0 bridgehead atoms. The molecule has 23 heavy (non-hydrogen) atoms. The van der Waals surface area contributed by atoms with Crippen LogP contribution in [0.2, 0.25) is 0 Å². The van der Waals surface area contributed by atoms with Crippen LogP contribution < -0.4 is 9.47 Å². The molecule has 0 fully saturated rings. The predicted octanol–water partition coefficient (Wildman–Crippen LogP) is 5.13. The smallest absolute Gasteiger partial charge is 0.127 e. The Labute approximate surface area is 139 Å². The molecule has 1 rings (SSSR count). The molecule has 0 heterocycles. The normalized spacial score (nSPS) is 12.3. The van der Waals surface area contributed by atoms with E-state index >= 15 is 0 Å². The van der Waals surface area contributed by atoms with Crippen molar-refractivity contribution in [2.24, 2.45) is 4.99 Å². The molecule has 3 heteroatoms. The monoisotopic (exact) mass is 311 g/mol. The summed E-state index contributed by atoms with van der Waals surface area (Å²) in [4.78, 5) is 4.32. The average Bonchev–Trinajstić information content (AvgIpc) is 2.58. The van der Waals surface area contributed by atoms with Crippen molar-refractivity contribution in [2.75, 3.05) is 14.2 Å². The van der Waals surface area contributed by atoms with Gasteiger partial charge in [0.15, 0.2) is 0 Å². The lowest BCUT2D eigenvalue weighted by atomic mass is 10.0. The molecule has 1 aromatic carbocycles. The van der Waals surface area contributed by atoms with Crippen LogP contribution in [0.15, 0.2) is 77.5 Å². The van der Waals surface area contributed by atoms with E-state index in [1.54, 1.807) is 14.2 Å². The van der Waals surface area contributed by atoms with Crippen LogP contribution in [0, 0.1) is 0 Å². The molecule has 0 amide bonds. The Bertz CT molecular complexity index is 634. The van der Waals surface area contributed by atoms with Gasteiger partial charge >= 0.3 is 0 Å². The number of rotatable bonds is 8. The van der Waals surface area contributed by atoms with Crippen molar-refractivity contribution in [3.8, 4) is 11.5 Å². The summed E-state index contributed by atoms with van der Waals surface area (Å²) in [6.07, 6.45) is 6.63. The molecular formula is C20H25NO2. The van der Waals surface area contributed by atoms with Gasteiger partial charge in [0.2, 0.25) is 0 Å². The number of hydrogen-bond donors (Lipinski definition) is 0. The summed E-state index contributed by atoms with van der Waals surface area (Å²) in [7, 11) is 3.41. The fourth-order valence-electron chi connectivity index (χ4n) is 1.98. The third kappa shape index (κ3) is 5.62. The first-order chi connectivity index (χ1) is 11.0. The van der Waals surface area contributed by atoms with Crippen LogP contribution in [0.1, 0.15) is 20.3 Å². The Kier molecular flexibility index (Phi) is 7.61. The molecular weight excluding hydrogens is 286 g/mol. The van der Waals surface area contributed by atoms with E-state index in [0.29, 0.717) is 11.5 Å². The van der Waals surface area contributed by atoms with Crippen molar-refractivity contribution in [1.29, 1.82) is 0 Å². The second kappa shape index (κ2) is 9.46. The van der Waals surface area contributed by atoms with Crippen LogP contribution >= 0.6 is 0 Å². The van der Waals surface area contributed by atoms with E-state index in [-0.39, 0.29) is 0 Å². The van der Waals surface area contributed by atoms with Gasteiger partial charge in [-0.1, -0.05) is 26.2 Å². The van der Waals surface area contributed by atoms with Crippen LogP contribution in [-0.4, -0.2) is 19.9 Å². The molecule has 0 radical (unpaired) electrons. The number of hydrogen-bond acceptors (Lipinski definition) is 3. The van der Waals surface area contributed by atoms with Crippen molar-refractivity contribution in [2.45, 2.75) is 20.3 Å². The number of benzene rings is 1. The maximum Gasteiger partial charge on any atom is 0.127 e. The lowest BCUT2D eigenvalue weighted by Crippen LogP contribution is -2.04. The third-order valence-corrected chi connectivity index (χ3v) is 3.33. The standard InChI is InChI=1S/C20H25NO2/c1-7-15(3)20(21-5)17(8-2)10-9-16(4)23-19-13-11-18(22-6)12-14-19/h8-14H,3-4,7H2,1-2,5-6H3/b10-9-,17-8+,21-20?. The zero-order valence-electron chi connectivity index (χ0n) is 14.4. The molecule has 3 nitrogen and oxygen atoms in total. The molecule has 0 N–H and O–H groups in total. The van der Waals surface area contributed by atoms with Crippen LogP contribution in [0.4, 0.5) is 0 Å². The van der Waals surface area contributed by atoms with Crippen LogP contribution in [0.25, 0.3) is 0 Å². The van der Waals surface area contributed by atoms with Gasteiger partial charge < -0.3 is 9.47 Å². The van der Waals surface area contributed by atoms with Crippen molar-refractivity contribution in [1.82, 2.24) is 0 Å².